The average Bonchev–Trinajstić information content (AvgIpc) is 2.54. The summed E-state index contributed by atoms with van der Waals surface area (Å²) in [5.41, 5.74) is 2.02. The first-order valence-electron chi connectivity index (χ1n) is 5.96. The van der Waals surface area contributed by atoms with Gasteiger partial charge >= 0.3 is 0 Å². The van der Waals surface area contributed by atoms with Crippen molar-refractivity contribution < 1.29 is 9.90 Å². The number of aliphatic hydroxyl groups is 1. The molecule has 1 saturated heterocycles. The van der Waals surface area contributed by atoms with E-state index in [1.165, 1.54) is 0 Å². The second-order valence-electron chi connectivity index (χ2n) is 4.35. The number of nitrogens with zero attached hydrogens (tertiary/aromatic N) is 1. The van der Waals surface area contributed by atoms with Crippen LogP contribution in [0.25, 0.3) is 0 Å². The molecule has 4 heteroatoms. The first-order valence-corrected chi connectivity index (χ1v) is 5.96. The first-order chi connectivity index (χ1) is 8.16. The van der Waals surface area contributed by atoms with Crippen molar-refractivity contribution >= 4 is 11.6 Å². The number of hydrogen-bond acceptors (Lipinski definition) is 3. The Balaban J connectivity index is 2.08. The van der Waals surface area contributed by atoms with Crippen molar-refractivity contribution in [1.29, 1.82) is 0 Å². The van der Waals surface area contributed by atoms with E-state index in [0.29, 0.717) is 13.0 Å². The SMILES string of the molecule is C[C@H](O)c1ccc(N2CCNC(=O)CC2)cc1. The third kappa shape index (κ3) is 2.97. The van der Waals surface area contributed by atoms with Gasteiger partial charge in [-0.2, -0.15) is 0 Å². The highest BCUT2D eigenvalue weighted by Crippen LogP contribution is 2.19. The highest BCUT2D eigenvalue weighted by molar-refractivity contribution is 5.77. The summed E-state index contributed by atoms with van der Waals surface area (Å²) in [5.74, 6) is 0.119. The fourth-order valence-corrected chi connectivity index (χ4v) is 1.99. The largest absolute Gasteiger partial charge is 0.389 e. The number of carbonyl (C=O) groups excluding carboxylic acids is 1. The molecule has 92 valence electrons. The van der Waals surface area contributed by atoms with E-state index < -0.39 is 6.10 Å². The summed E-state index contributed by atoms with van der Waals surface area (Å²) in [5, 5.41) is 12.3. The maximum Gasteiger partial charge on any atom is 0.221 e. The number of aliphatic hydroxyl groups excluding tert-OH is 1. The lowest BCUT2D eigenvalue weighted by atomic mass is 10.1. The summed E-state index contributed by atoms with van der Waals surface area (Å²) in [6.07, 6.45) is 0.106. The molecular formula is C13H18N2O2. The van der Waals surface area contributed by atoms with Gasteiger partial charge in [0.15, 0.2) is 0 Å². The van der Waals surface area contributed by atoms with Crippen LogP contribution in [0.2, 0.25) is 0 Å². The summed E-state index contributed by atoms with van der Waals surface area (Å²) in [7, 11) is 0. The minimum atomic E-state index is -0.434. The number of benzene rings is 1. The minimum Gasteiger partial charge on any atom is -0.389 e. The Labute approximate surface area is 101 Å². The fraction of sp³-hybridized carbons (Fsp3) is 0.462. The lowest BCUT2D eigenvalue weighted by Crippen LogP contribution is -2.28. The molecule has 4 nitrogen and oxygen atoms in total. The monoisotopic (exact) mass is 234 g/mol. The molecule has 1 aliphatic heterocycles. The molecule has 1 atom stereocenters. The zero-order valence-electron chi connectivity index (χ0n) is 10.0. The Morgan fingerprint density at radius 2 is 2.00 bits per heavy atom. The second-order valence-corrected chi connectivity index (χ2v) is 4.35. The molecule has 1 aromatic carbocycles. The van der Waals surface area contributed by atoms with Gasteiger partial charge in [0.05, 0.1) is 6.10 Å². The molecule has 1 amide bonds. The van der Waals surface area contributed by atoms with Gasteiger partial charge in [-0.15, -0.1) is 0 Å². The van der Waals surface area contributed by atoms with Crippen LogP contribution in [0.15, 0.2) is 24.3 Å². The van der Waals surface area contributed by atoms with E-state index in [0.717, 1.165) is 24.3 Å². The lowest BCUT2D eigenvalue weighted by Gasteiger charge is -2.22. The van der Waals surface area contributed by atoms with Crippen molar-refractivity contribution in [1.82, 2.24) is 5.32 Å². The molecule has 0 bridgehead atoms. The van der Waals surface area contributed by atoms with Crippen molar-refractivity contribution in [2.24, 2.45) is 0 Å². The van der Waals surface area contributed by atoms with Crippen LogP contribution in [0.5, 0.6) is 0 Å². The van der Waals surface area contributed by atoms with Crippen LogP contribution in [0.1, 0.15) is 25.0 Å². The third-order valence-electron chi connectivity index (χ3n) is 3.05. The molecule has 0 saturated carbocycles. The number of nitrogens with one attached hydrogen (secondary N) is 1. The van der Waals surface area contributed by atoms with E-state index in [2.05, 4.69) is 10.2 Å². The maximum atomic E-state index is 11.2. The van der Waals surface area contributed by atoms with Gasteiger partial charge < -0.3 is 15.3 Å². The second kappa shape index (κ2) is 5.19. The molecule has 2 rings (SSSR count). The molecule has 0 aliphatic carbocycles. The smallest absolute Gasteiger partial charge is 0.221 e. The van der Waals surface area contributed by atoms with Crippen molar-refractivity contribution in [3.8, 4) is 0 Å². The molecule has 1 fully saturated rings. The van der Waals surface area contributed by atoms with Gasteiger partial charge in [0.1, 0.15) is 0 Å². The Morgan fingerprint density at radius 3 is 2.65 bits per heavy atom. The summed E-state index contributed by atoms with van der Waals surface area (Å²) >= 11 is 0. The van der Waals surface area contributed by atoms with E-state index in [1.54, 1.807) is 6.92 Å². The number of carbonyl (C=O) groups is 1. The molecule has 0 unspecified atom stereocenters. The van der Waals surface area contributed by atoms with Crippen molar-refractivity contribution in [2.75, 3.05) is 24.5 Å². The lowest BCUT2D eigenvalue weighted by molar-refractivity contribution is -0.120. The van der Waals surface area contributed by atoms with E-state index >= 15 is 0 Å². The van der Waals surface area contributed by atoms with Gasteiger partial charge in [-0.25, -0.2) is 0 Å². The van der Waals surface area contributed by atoms with Crippen LogP contribution in [0, 0.1) is 0 Å². The Hall–Kier alpha value is -1.55. The molecule has 2 N–H and O–H groups in total. The first kappa shape index (κ1) is 11.9. The fourth-order valence-electron chi connectivity index (χ4n) is 1.99. The molecular weight excluding hydrogens is 216 g/mol. The number of amides is 1. The molecule has 0 spiro atoms. The van der Waals surface area contributed by atoms with E-state index in [4.69, 9.17) is 0 Å². The van der Waals surface area contributed by atoms with Gasteiger partial charge in [-0.05, 0) is 24.6 Å². The molecule has 1 aromatic rings. The predicted molar refractivity (Wildman–Crippen MR) is 66.9 cm³/mol. The Morgan fingerprint density at radius 1 is 1.29 bits per heavy atom. The maximum absolute atomic E-state index is 11.2. The molecule has 0 radical (unpaired) electrons. The van der Waals surface area contributed by atoms with Gasteiger partial charge in [-0.3, -0.25) is 4.79 Å². The van der Waals surface area contributed by atoms with Gasteiger partial charge in [0.2, 0.25) is 5.91 Å². The van der Waals surface area contributed by atoms with Crippen LogP contribution >= 0.6 is 0 Å². The van der Waals surface area contributed by atoms with E-state index in [-0.39, 0.29) is 5.91 Å². The van der Waals surface area contributed by atoms with Crippen molar-refractivity contribution in [3.63, 3.8) is 0 Å². The molecule has 0 aromatic heterocycles. The zero-order valence-corrected chi connectivity index (χ0v) is 10.0. The van der Waals surface area contributed by atoms with E-state index in [1.807, 2.05) is 24.3 Å². The van der Waals surface area contributed by atoms with Crippen LogP contribution in [0.3, 0.4) is 0 Å². The summed E-state index contributed by atoms with van der Waals surface area (Å²) < 4.78 is 0. The molecule has 1 heterocycles. The summed E-state index contributed by atoms with van der Waals surface area (Å²) in [4.78, 5) is 13.4. The van der Waals surface area contributed by atoms with Crippen LogP contribution < -0.4 is 10.2 Å². The molecule has 17 heavy (non-hydrogen) atoms. The Kier molecular flexibility index (Phi) is 3.64. The average molecular weight is 234 g/mol. The number of rotatable bonds is 2. The normalized spacial score (nSPS) is 18.5. The topological polar surface area (TPSA) is 52.6 Å². The highest BCUT2D eigenvalue weighted by Gasteiger charge is 2.13. The zero-order chi connectivity index (χ0) is 12.3. The predicted octanol–water partition coefficient (Wildman–Crippen LogP) is 1.07. The Bertz CT molecular complexity index is 387. The van der Waals surface area contributed by atoms with Crippen LogP contribution in [-0.4, -0.2) is 30.6 Å². The van der Waals surface area contributed by atoms with Crippen LogP contribution in [-0.2, 0) is 4.79 Å². The van der Waals surface area contributed by atoms with Gasteiger partial charge in [-0.1, -0.05) is 12.1 Å². The summed E-state index contributed by atoms with van der Waals surface area (Å²) in [6.45, 7) is 4.03. The van der Waals surface area contributed by atoms with Crippen molar-refractivity contribution in [2.45, 2.75) is 19.4 Å². The number of anilines is 1. The van der Waals surface area contributed by atoms with Crippen molar-refractivity contribution in [3.05, 3.63) is 29.8 Å². The van der Waals surface area contributed by atoms with E-state index in [9.17, 15) is 9.90 Å². The third-order valence-corrected chi connectivity index (χ3v) is 3.05. The van der Waals surface area contributed by atoms with Gasteiger partial charge in [0.25, 0.3) is 0 Å². The van der Waals surface area contributed by atoms with Gasteiger partial charge in [0, 0.05) is 31.7 Å². The van der Waals surface area contributed by atoms with Crippen LogP contribution in [0.4, 0.5) is 5.69 Å². The number of hydrogen-bond donors (Lipinski definition) is 2. The summed E-state index contributed by atoms with van der Waals surface area (Å²) in [6, 6.07) is 7.86. The standard InChI is InChI=1S/C13H18N2O2/c1-10(16)11-2-4-12(5-3-11)15-8-6-13(17)14-7-9-15/h2-5,10,16H,6-9H2,1H3,(H,14,17)/t10-/m0/s1. The molecule has 1 aliphatic rings. The minimum absolute atomic E-state index is 0.119. The quantitative estimate of drug-likeness (QED) is 0.804. The highest BCUT2D eigenvalue weighted by atomic mass is 16.3.